The summed E-state index contributed by atoms with van der Waals surface area (Å²) in [6, 6.07) is 44.1. The summed E-state index contributed by atoms with van der Waals surface area (Å²) in [6.07, 6.45) is 0. The van der Waals surface area contributed by atoms with Crippen LogP contribution in [0, 0.1) is 0 Å². The zero-order chi connectivity index (χ0) is 18.3. The molecule has 0 fully saturated rings. The molecule has 0 heterocycles. The Morgan fingerprint density at radius 2 is 0.571 bits per heavy atom. The predicted molar refractivity (Wildman–Crippen MR) is 123 cm³/mol. The smallest absolute Gasteiger partial charge is 0.00405 e. The van der Waals surface area contributed by atoms with Crippen LogP contribution >= 0.6 is 15.8 Å². The van der Waals surface area contributed by atoms with E-state index >= 15 is 0 Å². The van der Waals surface area contributed by atoms with Gasteiger partial charge < -0.3 is 0 Å². The van der Waals surface area contributed by atoms with Crippen molar-refractivity contribution in [3.8, 4) is 0 Å². The normalized spacial score (nSPS) is 10.6. The van der Waals surface area contributed by atoms with Crippen LogP contribution in [0.3, 0.4) is 0 Å². The molecule has 0 aliphatic carbocycles. The zero-order valence-electron chi connectivity index (χ0n) is 15.5. The van der Waals surface area contributed by atoms with Crippen molar-refractivity contribution in [2.75, 3.05) is 5.90 Å². The average Bonchev–Trinajstić information content (AvgIpc) is 2.77. The molecule has 3 heteroatoms. The minimum Gasteiger partial charge on any atom is -0.0622 e. The average molecular weight is 485 g/mol. The summed E-state index contributed by atoms with van der Waals surface area (Å²) in [7, 11) is -0.817. The van der Waals surface area contributed by atoms with Crippen molar-refractivity contribution in [2.45, 2.75) is 0 Å². The molecule has 0 saturated carbocycles. The van der Waals surface area contributed by atoms with Crippen molar-refractivity contribution in [1.82, 2.24) is 0 Å². The van der Waals surface area contributed by atoms with Crippen LogP contribution in [0.5, 0.6) is 0 Å². The van der Waals surface area contributed by atoms with Gasteiger partial charge in [0.25, 0.3) is 0 Å². The minimum atomic E-state index is -0.409. The molecule has 0 amide bonds. The first-order chi connectivity index (χ1) is 13.4. The molecular weight excluding hydrogens is 463 g/mol. The van der Waals surface area contributed by atoms with Crippen molar-refractivity contribution in [1.29, 1.82) is 0 Å². The summed E-state index contributed by atoms with van der Waals surface area (Å²) in [5.41, 5.74) is 0. The third kappa shape index (κ3) is 5.24. The Bertz CT molecular complexity index is 785. The summed E-state index contributed by atoms with van der Waals surface area (Å²) < 4.78 is 0. The van der Waals surface area contributed by atoms with Gasteiger partial charge in [0.2, 0.25) is 0 Å². The minimum absolute atomic E-state index is 0. The third-order valence-electron chi connectivity index (χ3n) is 4.55. The van der Waals surface area contributed by atoms with E-state index in [2.05, 4.69) is 121 Å². The predicted octanol–water partition coefficient (Wildman–Crippen LogP) is 5.21. The first kappa shape index (κ1) is 21.1. The molecule has 0 aromatic heterocycles. The first-order valence-corrected chi connectivity index (χ1v) is 12.2. The summed E-state index contributed by atoms with van der Waals surface area (Å²) in [5, 5.41) is 5.83. The second-order valence-corrected chi connectivity index (χ2v) is 11.2. The fourth-order valence-corrected chi connectivity index (χ4v) is 9.67. The van der Waals surface area contributed by atoms with Crippen LogP contribution in [-0.2, 0) is 19.5 Å². The van der Waals surface area contributed by atoms with Crippen molar-refractivity contribution in [3.63, 3.8) is 0 Å². The van der Waals surface area contributed by atoms with Crippen LogP contribution in [0.25, 0.3) is 0 Å². The Kier molecular flexibility index (Phi) is 8.12. The molecule has 0 spiro atoms. The van der Waals surface area contributed by atoms with Crippen molar-refractivity contribution in [2.24, 2.45) is 0 Å². The molecule has 4 aromatic carbocycles. The maximum absolute atomic E-state index is 2.29. The summed E-state index contributed by atoms with van der Waals surface area (Å²) in [6.45, 7) is 0. The molecular formula is C25H22P2Ru. The number of rotatable bonds is 6. The van der Waals surface area contributed by atoms with Gasteiger partial charge in [-0.2, -0.15) is 0 Å². The zero-order valence-corrected chi connectivity index (χ0v) is 19.0. The molecule has 0 bridgehead atoms. The topological polar surface area (TPSA) is 0 Å². The summed E-state index contributed by atoms with van der Waals surface area (Å²) >= 11 is 0. The van der Waals surface area contributed by atoms with Crippen LogP contribution in [0.15, 0.2) is 121 Å². The van der Waals surface area contributed by atoms with E-state index in [1.54, 1.807) is 0 Å². The standard InChI is InChI=1S/C25H22P2.Ru/c1-5-13-22(14-6-1)26(23-15-7-2-8-16-23)21-27(24-17-9-3-10-18-24)25-19-11-4-12-20-25;/h1-20H,21H2;. The quantitative estimate of drug-likeness (QED) is 0.260. The Morgan fingerprint density at radius 1 is 0.357 bits per heavy atom. The third-order valence-corrected chi connectivity index (χ3v) is 10.5. The van der Waals surface area contributed by atoms with Gasteiger partial charge in [0, 0.05) is 25.4 Å². The monoisotopic (exact) mass is 486 g/mol. The molecule has 28 heavy (non-hydrogen) atoms. The van der Waals surface area contributed by atoms with E-state index in [0.717, 1.165) is 0 Å². The molecule has 0 atom stereocenters. The maximum Gasteiger partial charge on any atom is 0.00405 e. The van der Waals surface area contributed by atoms with Gasteiger partial charge in [0.15, 0.2) is 0 Å². The van der Waals surface area contributed by atoms with Crippen LogP contribution in [-0.4, -0.2) is 5.90 Å². The number of hydrogen-bond acceptors (Lipinski definition) is 0. The van der Waals surface area contributed by atoms with Gasteiger partial charge in [-0.1, -0.05) is 121 Å². The second kappa shape index (κ2) is 10.8. The maximum atomic E-state index is 2.29. The van der Waals surface area contributed by atoms with Gasteiger partial charge in [-0.25, -0.2) is 0 Å². The van der Waals surface area contributed by atoms with Crippen LogP contribution in [0.4, 0.5) is 0 Å². The van der Waals surface area contributed by atoms with Gasteiger partial charge in [0.05, 0.1) is 0 Å². The molecule has 0 N–H and O–H groups in total. The summed E-state index contributed by atoms with van der Waals surface area (Å²) in [5.74, 6) is 1.17. The fourth-order valence-electron chi connectivity index (χ4n) is 3.20. The van der Waals surface area contributed by atoms with Crippen LogP contribution in [0.1, 0.15) is 0 Å². The van der Waals surface area contributed by atoms with E-state index in [4.69, 9.17) is 0 Å². The van der Waals surface area contributed by atoms with Crippen LogP contribution < -0.4 is 21.2 Å². The van der Waals surface area contributed by atoms with E-state index < -0.39 is 15.8 Å². The van der Waals surface area contributed by atoms with E-state index in [9.17, 15) is 0 Å². The largest absolute Gasteiger partial charge is 0.0622 e. The van der Waals surface area contributed by atoms with Crippen LogP contribution in [0.2, 0.25) is 0 Å². The Hall–Kier alpha value is -1.64. The van der Waals surface area contributed by atoms with Gasteiger partial charge >= 0.3 is 0 Å². The van der Waals surface area contributed by atoms with E-state index in [-0.39, 0.29) is 19.5 Å². The van der Waals surface area contributed by atoms with Gasteiger partial charge in [0.1, 0.15) is 0 Å². The van der Waals surface area contributed by atoms with Crippen molar-refractivity contribution < 1.29 is 19.5 Å². The Labute approximate surface area is 183 Å². The van der Waals surface area contributed by atoms with Gasteiger partial charge in [-0.05, 0) is 37.1 Å². The Balaban J connectivity index is 0.00000225. The first-order valence-electron chi connectivity index (χ1n) is 9.17. The molecule has 4 aromatic rings. The summed E-state index contributed by atoms with van der Waals surface area (Å²) in [4.78, 5) is 0. The second-order valence-electron chi connectivity index (χ2n) is 6.34. The number of hydrogen-bond donors (Lipinski definition) is 0. The molecule has 0 aliphatic heterocycles. The van der Waals surface area contributed by atoms with E-state index in [0.29, 0.717) is 0 Å². The molecule has 0 nitrogen and oxygen atoms in total. The van der Waals surface area contributed by atoms with Gasteiger partial charge in [-0.3, -0.25) is 0 Å². The molecule has 0 aliphatic rings. The van der Waals surface area contributed by atoms with Gasteiger partial charge in [-0.15, -0.1) is 0 Å². The Morgan fingerprint density at radius 3 is 0.786 bits per heavy atom. The van der Waals surface area contributed by atoms with Crippen molar-refractivity contribution in [3.05, 3.63) is 121 Å². The number of benzene rings is 4. The molecule has 140 valence electrons. The van der Waals surface area contributed by atoms with Crippen molar-refractivity contribution >= 4 is 37.1 Å². The van der Waals surface area contributed by atoms with E-state index in [1.807, 2.05) is 0 Å². The molecule has 4 rings (SSSR count). The van der Waals surface area contributed by atoms with E-state index in [1.165, 1.54) is 27.1 Å². The molecule has 0 radical (unpaired) electrons. The SMILES string of the molecule is [Ru].c1ccc(P(CP(c2ccccc2)c2ccccc2)c2ccccc2)cc1. The fraction of sp³-hybridized carbons (Fsp3) is 0.0400. The molecule has 0 saturated heterocycles. The molecule has 0 unspecified atom stereocenters.